The SMILES string of the molecule is CC(C)[C@@H](c1nnnn1C1CCCCC1)[NH+]1CCN(C(=O)c2ccco2)CC1. The van der Waals surface area contributed by atoms with E-state index in [1.54, 1.807) is 18.4 Å². The lowest BCUT2D eigenvalue weighted by Crippen LogP contribution is -3.15. The number of hydrogen-bond acceptors (Lipinski definition) is 5. The normalized spacial score (nSPS) is 20.6. The predicted molar refractivity (Wildman–Crippen MR) is 103 cm³/mol. The van der Waals surface area contributed by atoms with E-state index >= 15 is 0 Å². The lowest BCUT2D eigenvalue weighted by Gasteiger charge is -2.37. The van der Waals surface area contributed by atoms with Gasteiger partial charge in [-0.3, -0.25) is 4.79 Å². The molecule has 3 heterocycles. The molecule has 1 amide bonds. The number of rotatable bonds is 5. The van der Waals surface area contributed by atoms with E-state index < -0.39 is 0 Å². The van der Waals surface area contributed by atoms with E-state index in [4.69, 9.17) is 4.42 Å². The van der Waals surface area contributed by atoms with Gasteiger partial charge in [0.05, 0.1) is 38.5 Å². The first-order valence-corrected chi connectivity index (χ1v) is 10.6. The zero-order chi connectivity index (χ0) is 19.5. The number of piperazine rings is 1. The first-order valence-electron chi connectivity index (χ1n) is 10.6. The standard InChI is InChI=1S/C20H30N6O2/c1-15(2)18(19-21-22-23-26(19)16-7-4-3-5-8-16)24-10-12-25(13-11-24)20(27)17-9-6-14-28-17/h6,9,14-16,18H,3-5,7-8,10-13H2,1-2H3/p+1/t18-/m0/s1. The summed E-state index contributed by atoms with van der Waals surface area (Å²) in [6, 6.07) is 4.17. The Bertz CT molecular complexity index is 758. The van der Waals surface area contributed by atoms with Crippen molar-refractivity contribution in [2.75, 3.05) is 26.2 Å². The van der Waals surface area contributed by atoms with Crippen LogP contribution in [0.4, 0.5) is 0 Å². The minimum atomic E-state index is -0.0165. The van der Waals surface area contributed by atoms with Crippen LogP contribution in [0.25, 0.3) is 0 Å². The highest BCUT2D eigenvalue weighted by atomic mass is 16.3. The smallest absolute Gasteiger partial charge is 0.289 e. The summed E-state index contributed by atoms with van der Waals surface area (Å²) in [6.45, 7) is 7.74. The topological polar surface area (TPSA) is 81.5 Å². The summed E-state index contributed by atoms with van der Waals surface area (Å²) >= 11 is 0. The molecule has 1 aliphatic carbocycles. The molecule has 1 N–H and O–H groups in total. The molecule has 2 aromatic heterocycles. The molecule has 0 aromatic carbocycles. The van der Waals surface area contributed by atoms with Gasteiger partial charge in [-0.25, -0.2) is 4.68 Å². The zero-order valence-electron chi connectivity index (χ0n) is 16.9. The van der Waals surface area contributed by atoms with Gasteiger partial charge in [0.1, 0.15) is 0 Å². The van der Waals surface area contributed by atoms with Crippen LogP contribution in [-0.4, -0.2) is 57.2 Å². The summed E-state index contributed by atoms with van der Waals surface area (Å²) in [4.78, 5) is 15.9. The van der Waals surface area contributed by atoms with Gasteiger partial charge in [-0.05, 0) is 35.4 Å². The molecule has 152 valence electrons. The molecule has 0 bridgehead atoms. The van der Waals surface area contributed by atoms with E-state index in [2.05, 4.69) is 34.1 Å². The van der Waals surface area contributed by atoms with Crippen molar-refractivity contribution in [2.45, 2.75) is 58.0 Å². The van der Waals surface area contributed by atoms with E-state index in [-0.39, 0.29) is 11.9 Å². The van der Waals surface area contributed by atoms with Crippen LogP contribution < -0.4 is 4.90 Å². The summed E-state index contributed by atoms with van der Waals surface area (Å²) in [5, 5.41) is 12.9. The number of nitrogens with zero attached hydrogens (tertiary/aromatic N) is 5. The minimum Gasteiger partial charge on any atom is -0.459 e. The van der Waals surface area contributed by atoms with Gasteiger partial charge < -0.3 is 14.2 Å². The Hall–Kier alpha value is -2.22. The fourth-order valence-electron chi connectivity index (χ4n) is 4.81. The van der Waals surface area contributed by atoms with Crippen molar-refractivity contribution in [3.8, 4) is 0 Å². The molecule has 8 heteroatoms. The summed E-state index contributed by atoms with van der Waals surface area (Å²) in [6.07, 6.45) is 7.73. The van der Waals surface area contributed by atoms with Crippen LogP contribution in [0.15, 0.2) is 22.8 Å². The van der Waals surface area contributed by atoms with E-state index in [0.29, 0.717) is 17.7 Å². The van der Waals surface area contributed by atoms with Crippen molar-refractivity contribution in [3.05, 3.63) is 30.0 Å². The number of hydrogen-bond donors (Lipinski definition) is 1. The van der Waals surface area contributed by atoms with Crippen LogP contribution in [0.3, 0.4) is 0 Å². The molecular weight excluding hydrogens is 356 g/mol. The zero-order valence-corrected chi connectivity index (χ0v) is 16.9. The molecule has 0 spiro atoms. The van der Waals surface area contributed by atoms with Crippen molar-refractivity contribution in [2.24, 2.45) is 5.92 Å². The van der Waals surface area contributed by atoms with Gasteiger partial charge in [0.15, 0.2) is 11.8 Å². The number of quaternary nitrogens is 1. The predicted octanol–water partition coefficient (Wildman–Crippen LogP) is 1.51. The molecule has 2 aromatic rings. The molecule has 8 nitrogen and oxygen atoms in total. The highest BCUT2D eigenvalue weighted by Gasteiger charge is 2.37. The lowest BCUT2D eigenvalue weighted by atomic mass is 9.94. The summed E-state index contributed by atoms with van der Waals surface area (Å²) in [5.74, 6) is 1.85. The number of furan rings is 1. The second kappa shape index (κ2) is 8.43. The van der Waals surface area contributed by atoms with Crippen LogP contribution >= 0.6 is 0 Å². The third kappa shape index (κ3) is 3.83. The first kappa shape index (κ1) is 19.1. The first-order chi connectivity index (χ1) is 13.6. The van der Waals surface area contributed by atoms with Crippen LogP contribution in [0.5, 0.6) is 0 Å². The van der Waals surface area contributed by atoms with Crippen molar-refractivity contribution < 1.29 is 14.1 Å². The van der Waals surface area contributed by atoms with E-state index in [0.717, 1.165) is 32.0 Å². The number of nitrogens with one attached hydrogen (secondary N) is 1. The Labute approximate surface area is 165 Å². The second-order valence-electron chi connectivity index (χ2n) is 8.42. The Kier molecular flexibility index (Phi) is 5.75. The Morgan fingerprint density at radius 2 is 1.96 bits per heavy atom. The van der Waals surface area contributed by atoms with Crippen molar-refractivity contribution in [1.82, 2.24) is 25.1 Å². The molecule has 1 saturated heterocycles. The maximum atomic E-state index is 12.5. The lowest BCUT2D eigenvalue weighted by molar-refractivity contribution is -0.940. The average Bonchev–Trinajstić information content (AvgIpc) is 3.41. The second-order valence-corrected chi connectivity index (χ2v) is 8.42. The van der Waals surface area contributed by atoms with Crippen LogP contribution in [0.1, 0.15) is 74.4 Å². The van der Waals surface area contributed by atoms with Crippen LogP contribution in [0, 0.1) is 5.92 Å². The van der Waals surface area contributed by atoms with Gasteiger partial charge in [0, 0.05) is 5.92 Å². The fraction of sp³-hybridized carbons (Fsp3) is 0.700. The Balaban J connectivity index is 1.46. The van der Waals surface area contributed by atoms with Gasteiger partial charge in [-0.1, -0.05) is 33.1 Å². The summed E-state index contributed by atoms with van der Waals surface area (Å²) in [5.41, 5.74) is 0. The van der Waals surface area contributed by atoms with E-state index in [1.165, 1.54) is 37.0 Å². The third-order valence-electron chi connectivity index (χ3n) is 6.25. The Morgan fingerprint density at radius 1 is 1.21 bits per heavy atom. The quantitative estimate of drug-likeness (QED) is 0.841. The summed E-state index contributed by atoms with van der Waals surface area (Å²) in [7, 11) is 0. The molecule has 0 radical (unpaired) electrons. The van der Waals surface area contributed by atoms with E-state index in [1.807, 2.05) is 4.90 Å². The molecular formula is C20H31N6O2+. The monoisotopic (exact) mass is 387 g/mol. The molecule has 28 heavy (non-hydrogen) atoms. The molecule has 1 atom stereocenters. The van der Waals surface area contributed by atoms with Gasteiger partial charge in [-0.2, -0.15) is 0 Å². The molecule has 2 aliphatic rings. The highest BCUT2D eigenvalue weighted by molar-refractivity contribution is 5.91. The maximum Gasteiger partial charge on any atom is 0.289 e. The number of carbonyl (C=O) groups excluding carboxylic acids is 1. The number of aromatic nitrogens is 4. The van der Waals surface area contributed by atoms with Gasteiger partial charge in [-0.15, -0.1) is 5.10 Å². The molecule has 4 rings (SSSR count). The number of amides is 1. The van der Waals surface area contributed by atoms with Gasteiger partial charge in [0.25, 0.3) is 5.91 Å². The molecule has 1 aliphatic heterocycles. The average molecular weight is 388 g/mol. The van der Waals surface area contributed by atoms with Crippen molar-refractivity contribution >= 4 is 5.91 Å². The summed E-state index contributed by atoms with van der Waals surface area (Å²) < 4.78 is 7.38. The largest absolute Gasteiger partial charge is 0.459 e. The fourth-order valence-corrected chi connectivity index (χ4v) is 4.81. The minimum absolute atomic E-state index is 0.0165. The molecule has 1 saturated carbocycles. The van der Waals surface area contributed by atoms with Gasteiger partial charge in [0.2, 0.25) is 5.82 Å². The number of carbonyl (C=O) groups is 1. The molecule has 2 fully saturated rings. The number of tetrazole rings is 1. The third-order valence-corrected chi connectivity index (χ3v) is 6.25. The molecule has 0 unspecified atom stereocenters. The highest BCUT2D eigenvalue weighted by Crippen LogP contribution is 2.30. The van der Waals surface area contributed by atoms with E-state index in [9.17, 15) is 4.79 Å². The Morgan fingerprint density at radius 3 is 2.61 bits per heavy atom. The van der Waals surface area contributed by atoms with Crippen molar-refractivity contribution in [3.63, 3.8) is 0 Å². The van der Waals surface area contributed by atoms with Crippen LogP contribution in [-0.2, 0) is 0 Å². The van der Waals surface area contributed by atoms with Crippen molar-refractivity contribution in [1.29, 1.82) is 0 Å². The maximum absolute atomic E-state index is 12.5. The van der Waals surface area contributed by atoms with Crippen LogP contribution in [0.2, 0.25) is 0 Å². The van der Waals surface area contributed by atoms with Gasteiger partial charge >= 0.3 is 0 Å².